The molecule has 0 aliphatic heterocycles. The number of aliphatic hydroxyl groups excluding tert-OH is 1. The number of hydrogen-bond donors (Lipinski definition) is 2. The predicted octanol–water partition coefficient (Wildman–Crippen LogP) is 0.0274. The fraction of sp³-hybridized carbons (Fsp3) is 1.00. The minimum absolute atomic E-state index is 0.514. The highest BCUT2D eigenvalue weighted by atomic mass is 16.5. The third-order valence-corrected chi connectivity index (χ3v) is 2.29. The predicted molar refractivity (Wildman–Crippen MR) is 40.6 cm³/mol. The van der Waals surface area contributed by atoms with Crippen molar-refractivity contribution in [2.75, 3.05) is 14.1 Å². The van der Waals surface area contributed by atoms with Gasteiger partial charge in [0.05, 0.1) is 5.54 Å². The number of likely N-dealkylation sites (N-methyl/N-ethyl adjacent to an activating group) is 1. The van der Waals surface area contributed by atoms with E-state index in [1.165, 1.54) is 0 Å². The lowest BCUT2D eigenvalue weighted by atomic mass is 9.97. The van der Waals surface area contributed by atoms with E-state index >= 15 is 0 Å². The van der Waals surface area contributed by atoms with Gasteiger partial charge in [-0.15, -0.1) is 0 Å². The van der Waals surface area contributed by atoms with Crippen LogP contribution < -0.4 is 0 Å². The molecule has 3 nitrogen and oxygen atoms in total. The first kappa shape index (κ1) is 9.88. The molecule has 0 aromatic heterocycles. The molecule has 0 aromatic carbocycles. The summed E-state index contributed by atoms with van der Waals surface area (Å²) in [6.07, 6.45) is -0.551. The highest BCUT2D eigenvalue weighted by Crippen LogP contribution is 2.18. The molecule has 3 heteroatoms. The van der Waals surface area contributed by atoms with Gasteiger partial charge in [0.2, 0.25) is 0 Å². The maximum absolute atomic E-state index is 8.96. The van der Waals surface area contributed by atoms with Crippen molar-refractivity contribution in [3.05, 3.63) is 0 Å². The average Bonchev–Trinajstić information content (AvgIpc) is 1.85. The molecule has 0 aromatic rings. The largest absolute Gasteiger partial charge is 0.367 e. The highest BCUT2D eigenvalue weighted by Gasteiger charge is 2.31. The Morgan fingerprint density at radius 3 is 1.80 bits per heavy atom. The van der Waals surface area contributed by atoms with Gasteiger partial charge in [-0.1, -0.05) is 6.92 Å². The van der Waals surface area contributed by atoms with E-state index in [-0.39, 0.29) is 0 Å². The number of aliphatic hydroxyl groups is 2. The maximum Gasteiger partial charge on any atom is 0.169 e. The standard InChI is InChI=1S/C7H17NO2/c1-5-7(2,6(9)10)8(3)4/h6,9-10H,5H2,1-4H3. The lowest BCUT2D eigenvalue weighted by Crippen LogP contribution is -2.50. The summed E-state index contributed by atoms with van der Waals surface area (Å²) in [6, 6.07) is 0. The lowest BCUT2D eigenvalue weighted by Gasteiger charge is -2.36. The number of hydrogen-bond acceptors (Lipinski definition) is 3. The Morgan fingerprint density at radius 2 is 1.80 bits per heavy atom. The molecule has 0 heterocycles. The van der Waals surface area contributed by atoms with Crippen LogP contribution in [0.2, 0.25) is 0 Å². The van der Waals surface area contributed by atoms with Crippen LogP contribution in [0.15, 0.2) is 0 Å². The second kappa shape index (κ2) is 3.32. The van der Waals surface area contributed by atoms with Gasteiger partial charge in [0, 0.05) is 0 Å². The van der Waals surface area contributed by atoms with Gasteiger partial charge in [-0.3, -0.25) is 4.90 Å². The molecule has 1 unspecified atom stereocenters. The molecule has 0 amide bonds. The summed E-state index contributed by atoms with van der Waals surface area (Å²) in [7, 11) is 3.67. The second-order valence-corrected chi connectivity index (χ2v) is 2.98. The summed E-state index contributed by atoms with van der Waals surface area (Å²) in [5.41, 5.74) is -0.514. The Balaban J connectivity index is 4.23. The molecule has 10 heavy (non-hydrogen) atoms. The zero-order valence-electron chi connectivity index (χ0n) is 7.13. The minimum atomic E-state index is -1.27. The third kappa shape index (κ3) is 1.68. The molecule has 0 saturated heterocycles. The van der Waals surface area contributed by atoms with Crippen molar-refractivity contribution < 1.29 is 10.2 Å². The molecule has 1 atom stereocenters. The van der Waals surface area contributed by atoms with Crippen LogP contribution in [-0.2, 0) is 0 Å². The Hall–Kier alpha value is -0.120. The first-order valence-corrected chi connectivity index (χ1v) is 3.48. The second-order valence-electron chi connectivity index (χ2n) is 2.98. The number of rotatable bonds is 3. The Labute approximate surface area is 62.3 Å². The first-order chi connectivity index (χ1) is 4.45. The van der Waals surface area contributed by atoms with Crippen LogP contribution in [0.5, 0.6) is 0 Å². The van der Waals surface area contributed by atoms with E-state index in [1.54, 1.807) is 0 Å². The van der Waals surface area contributed by atoms with E-state index in [0.29, 0.717) is 0 Å². The van der Waals surface area contributed by atoms with Gasteiger partial charge in [-0.25, -0.2) is 0 Å². The molecule has 0 bridgehead atoms. The molecule has 62 valence electrons. The van der Waals surface area contributed by atoms with Crippen LogP contribution >= 0.6 is 0 Å². The SMILES string of the molecule is CCC(C)(C(O)O)N(C)C. The van der Waals surface area contributed by atoms with Gasteiger partial charge in [0.25, 0.3) is 0 Å². The Morgan fingerprint density at radius 1 is 1.40 bits per heavy atom. The van der Waals surface area contributed by atoms with Crippen LogP contribution in [0.3, 0.4) is 0 Å². The quantitative estimate of drug-likeness (QED) is 0.553. The average molecular weight is 147 g/mol. The summed E-state index contributed by atoms with van der Waals surface area (Å²) in [5.74, 6) is 0. The molecule has 2 N–H and O–H groups in total. The normalized spacial score (nSPS) is 18.0. The molecular formula is C7H17NO2. The maximum atomic E-state index is 8.96. The van der Waals surface area contributed by atoms with Crippen molar-refractivity contribution in [1.29, 1.82) is 0 Å². The molecule has 0 aliphatic carbocycles. The van der Waals surface area contributed by atoms with Gasteiger partial charge >= 0.3 is 0 Å². The van der Waals surface area contributed by atoms with Crippen LogP contribution in [0.1, 0.15) is 20.3 Å². The zero-order chi connectivity index (χ0) is 8.36. The molecule has 0 fully saturated rings. The van der Waals surface area contributed by atoms with E-state index in [9.17, 15) is 0 Å². The van der Waals surface area contributed by atoms with Crippen LogP contribution in [0.4, 0.5) is 0 Å². The van der Waals surface area contributed by atoms with Gasteiger partial charge in [0.15, 0.2) is 6.29 Å². The van der Waals surface area contributed by atoms with Gasteiger partial charge in [0.1, 0.15) is 0 Å². The third-order valence-electron chi connectivity index (χ3n) is 2.29. The Kier molecular flexibility index (Phi) is 3.28. The monoisotopic (exact) mass is 147 g/mol. The van der Waals surface area contributed by atoms with Crippen molar-refractivity contribution in [2.45, 2.75) is 32.1 Å². The lowest BCUT2D eigenvalue weighted by molar-refractivity contribution is -0.136. The fourth-order valence-electron chi connectivity index (χ4n) is 0.730. The molecule has 0 rings (SSSR count). The van der Waals surface area contributed by atoms with Crippen LogP contribution in [0, 0.1) is 0 Å². The highest BCUT2D eigenvalue weighted by molar-refractivity contribution is 4.82. The summed E-state index contributed by atoms with van der Waals surface area (Å²) in [5, 5.41) is 17.9. The van der Waals surface area contributed by atoms with E-state index in [4.69, 9.17) is 10.2 Å². The van der Waals surface area contributed by atoms with Crippen molar-refractivity contribution in [3.63, 3.8) is 0 Å². The van der Waals surface area contributed by atoms with E-state index < -0.39 is 11.8 Å². The van der Waals surface area contributed by atoms with E-state index in [1.807, 2.05) is 32.8 Å². The van der Waals surface area contributed by atoms with Crippen molar-refractivity contribution in [2.24, 2.45) is 0 Å². The molecule has 0 saturated carbocycles. The molecule has 0 aliphatic rings. The summed E-state index contributed by atoms with van der Waals surface area (Å²) in [4.78, 5) is 1.82. The first-order valence-electron chi connectivity index (χ1n) is 3.48. The smallest absolute Gasteiger partial charge is 0.169 e. The molecule has 0 spiro atoms. The van der Waals surface area contributed by atoms with E-state index in [0.717, 1.165) is 6.42 Å². The van der Waals surface area contributed by atoms with E-state index in [2.05, 4.69) is 0 Å². The summed E-state index contributed by atoms with van der Waals surface area (Å²) in [6.45, 7) is 3.75. The van der Waals surface area contributed by atoms with Crippen molar-refractivity contribution in [3.8, 4) is 0 Å². The van der Waals surface area contributed by atoms with Crippen LogP contribution in [-0.4, -0.2) is 41.0 Å². The van der Waals surface area contributed by atoms with Gasteiger partial charge < -0.3 is 10.2 Å². The zero-order valence-corrected chi connectivity index (χ0v) is 7.13. The van der Waals surface area contributed by atoms with Crippen molar-refractivity contribution >= 4 is 0 Å². The number of nitrogens with zero attached hydrogens (tertiary/aromatic N) is 1. The Bertz CT molecular complexity index is 93.8. The topological polar surface area (TPSA) is 43.7 Å². The minimum Gasteiger partial charge on any atom is -0.367 e. The molecular weight excluding hydrogens is 130 g/mol. The molecule has 0 radical (unpaired) electrons. The summed E-state index contributed by atoms with van der Waals surface area (Å²) < 4.78 is 0. The van der Waals surface area contributed by atoms with Gasteiger partial charge in [-0.05, 0) is 27.4 Å². The van der Waals surface area contributed by atoms with Crippen molar-refractivity contribution in [1.82, 2.24) is 4.90 Å². The van der Waals surface area contributed by atoms with Gasteiger partial charge in [-0.2, -0.15) is 0 Å². The van der Waals surface area contributed by atoms with Crippen LogP contribution in [0.25, 0.3) is 0 Å². The fourth-order valence-corrected chi connectivity index (χ4v) is 0.730. The summed E-state index contributed by atoms with van der Waals surface area (Å²) >= 11 is 0.